The van der Waals surface area contributed by atoms with Gasteiger partial charge in [-0.3, -0.25) is 0 Å². The summed E-state index contributed by atoms with van der Waals surface area (Å²) < 4.78 is 41.4. The van der Waals surface area contributed by atoms with Gasteiger partial charge in [-0.2, -0.15) is 13.2 Å². The summed E-state index contributed by atoms with van der Waals surface area (Å²) >= 11 is 0. The maximum Gasteiger partial charge on any atom is 0.411 e. The van der Waals surface area contributed by atoms with Gasteiger partial charge in [0.1, 0.15) is 13.3 Å². The summed E-state index contributed by atoms with van der Waals surface area (Å²) in [7, 11) is 0. The van der Waals surface area contributed by atoms with Crippen molar-refractivity contribution in [1.29, 1.82) is 0 Å². The highest BCUT2D eigenvalue weighted by Crippen LogP contribution is 2.21. The normalized spacial score (nSPS) is 14.3. The Hall–Kier alpha value is -1.01. The molecule has 1 unspecified atom stereocenters. The van der Waals surface area contributed by atoms with Gasteiger partial charge in [0, 0.05) is 12.4 Å². The second kappa shape index (κ2) is 5.55. The molecule has 98 valence electrons. The third-order valence-electron chi connectivity index (χ3n) is 2.25. The zero-order valence-corrected chi connectivity index (χ0v) is 9.74. The van der Waals surface area contributed by atoms with Gasteiger partial charge in [-0.15, -0.1) is 0 Å². The number of alkyl halides is 3. The number of halogens is 3. The first kappa shape index (κ1) is 14.1. The lowest BCUT2D eigenvalue weighted by atomic mass is 10.0. The van der Waals surface area contributed by atoms with Crippen LogP contribution >= 0.6 is 0 Å². The molecule has 1 aromatic rings. The van der Waals surface area contributed by atoms with Gasteiger partial charge in [-0.05, 0) is 17.5 Å². The minimum absolute atomic E-state index is 0.0574. The molecule has 0 spiro atoms. The molecule has 1 atom stereocenters. The second-order valence-corrected chi connectivity index (χ2v) is 4.24. The molecule has 0 amide bonds. The summed E-state index contributed by atoms with van der Waals surface area (Å²) in [6.07, 6.45) is -1.76. The molecule has 1 N–H and O–H groups in total. The molecular formula is C11H16F3NO2. The molecular weight excluding hydrogens is 235 g/mol. The Balaban J connectivity index is 2.46. The van der Waals surface area contributed by atoms with Crippen LogP contribution in [0.15, 0.2) is 18.5 Å². The van der Waals surface area contributed by atoms with E-state index < -0.39 is 18.9 Å². The number of hydrogen-bond donors (Lipinski definition) is 1. The largest absolute Gasteiger partial charge is 0.411 e. The number of hydrogen-bond acceptors (Lipinski definition) is 2. The van der Waals surface area contributed by atoms with Gasteiger partial charge in [0.25, 0.3) is 0 Å². The van der Waals surface area contributed by atoms with Crippen LogP contribution in [-0.4, -0.2) is 22.5 Å². The molecule has 3 nitrogen and oxygen atoms in total. The van der Waals surface area contributed by atoms with Gasteiger partial charge in [0.2, 0.25) is 0 Å². The first-order chi connectivity index (χ1) is 7.79. The topological polar surface area (TPSA) is 34.4 Å². The zero-order chi connectivity index (χ0) is 13.1. The Kier molecular flexibility index (Phi) is 4.59. The standard InChI is InChI=1S/C11H16F3NO2/c1-8(2)10(16)9-3-4-15(5-9)7-17-6-11(12,13)14/h3-5,8,10,16H,6-7H2,1-2H3. The summed E-state index contributed by atoms with van der Waals surface area (Å²) in [6, 6.07) is 1.67. The molecule has 0 aliphatic carbocycles. The van der Waals surface area contributed by atoms with Crippen LogP contribution in [0.4, 0.5) is 13.2 Å². The van der Waals surface area contributed by atoms with Gasteiger partial charge in [0.15, 0.2) is 0 Å². The van der Waals surface area contributed by atoms with Gasteiger partial charge in [-0.25, -0.2) is 0 Å². The molecule has 1 aromatic heterocycles. The fraction of sp³-hybridized carbons (Fsp3) is 0.636. The van der Waals surface area contributed by atoms with Crippen LogP contribution in [0, 0.1) is 5.92 Å². The van der Waals surface area contributed by atoms with Gasteiger partial charge in [0.05, 0.1) is 6.10 Å². The lowest BCUT2D eigenvalue weighted by molar-refractivity contribution is -0.181. The van der Waals surface area contributed by atoms with Crippen LogP contribution < -0.4 is 0 Å². The monoisotopic (exact) mass is 251 g/mol. The van der Waals surface area contributed by atoms with Crippen molar-refractivity contribution in [1.82, 2.24) is 4.57 Å². The average Bonchev–Trinajstić information content (AvgIpc) is 2.63. The molecule has 6 heteroatoms. The molecule has 1 rings (SSSR count). The molecule has 0 saturated heterocycles. The predicted octanol–water partition coefficient (Wildman–Crippen LogP) is 2.71. The summed E-state index contributed by atoms with van der Waals surface area (Å²) in [5.74, 6) is 0.0574. The van der Waals surface area contributed by atoms with E-state index in [0.717, 1.165) is 0 Å². The lowest BCUT2D eigenvalue weighted by Gasteiger charge is -2.12. The fourth-order valence-corrected chi connectivity index (χ4v) is 1.37. The molecule has 0 aliphatic rings. The van der Waals surface area contributed by atoms with Crippen molar-refractivity contribution >= 4 is 0 Å². The van der Waals surface area contributed by atoms with Crippen molar-refractivity contribution in [3.05, 3.63) is 24.0 Å². The number of aromatic nitrogens is 1. The first-order valence-corrected chi connectivity index (χ1v) is 5.28. The van der Waals surface area contributed by atoms with E-state index in [1.807, 2.05) is 13.8 Å². The van der Waals surface area contributed by atoms with Crippen LogP contribution in [0.2, 0.25) is 0 Å². The minimum Gasteiger partial charge on any atom is -0.388 e. The molecule has 0 radical (unpaired) electrons. The van der Waals surface area contributed by atoms with E-state index in [1.54, 1.807) is 18.5 Å². The number of nitrogens with zero attached hydrogens (tertiary/aromatic N) is 1. The smallest absolute Gasteiger partial charge is 0.388 e. The quantitative estimate of drug-likeness (QED) is 0.873. The van der Waals surface area contributed by atoms with Crippen LogP contribution in [0.25, 0.3) is 0 Å². The highest BCUT2D eigenvalue weighted by molar-refractivity contribution is 5.13. The van der Waals surface area contributed by atoms with Crippen molar-refractivity contribution < 1.29 is 23.0 Å². The zero-order valence-electron chi connectivity index (χ0n) is 9.74. The third kappa shape index (κ3) is 4.79. The summed E-state index contributed by atoms with van der Waals surface area (Å²) in [5, 5.41) is 9.73. The van der Waals surface area contributed by atoms with Gasteiger partial charge >= 0.3 is 6.18 Å². The molecule has 0 saturated carbocycles. The number of aliphatic hydroxyl groups is 1. The second-order valence-electron chi connectivity index (χ2n) is 4.24. The average molecular weight is 251 g/mol. The highest BCUT2D eigenvalue weighted by Gasteiger charge is 2.27. The lowest BCUT2D eigenvalue weighted by Crippen LogP contribution is -2.18. The van der Waals surface area contributed by atoms with Crippen LogP contribution in [-0.2, 0) is 11.5 Å². The predicted molar refractivity (Wildman–Crippen MR) is 56.2 cm³/mol. The Labute approximate surface area is 97.8 Å². The molecule has 0 aromatic carbocycles. The Bertz CT molecular complexity index is 347. The maximum atomic E-state index is 11.8. The minimum atomic E-state index is -4.31. The summed E-state index contributed by atoms with van der Waals surface area (Å²) in [5.41, 5.74) is 0.676. The number of rotatable bonds is 5. The Morgan fingerprint density at radius 2 is 2.06 bits per heavy atom. The molecule has 0 aliphatic heterocycles. The SMILES string of the molecule is CC(C)C(O)c1ccn(COCC(F)(F)F)c1. The van der Waals surface area contributed by atoms with Crippen LogP contribution in [0.3, 0.4) is 0 Å². The van der Waals surface area contributed by atoms with E-state index >= 15 is 0 Å². The van der Waals surface area contributed by atoms with E-state index in [9.17, 15) is 18.3 Å². The third-order valence-corrected chi connectivity index (χ3v) is 2.25. The van der Waals surface area contributed by atoms with E-state index in [1.165, 1.54) is 4.57 Å². The summed E-state index contributed by atoms with van der Waals surface area (Å²) in [6.45, 7) is 2.28. The number of aliphatic hydroxyl groups excluding tert-OH is 1. The van der Waals surface area contributed by atoms with Gasteiger partial charge < -0.3 is 14.4 Å². The van der Waals surface area contributed by atoms with E-state index in [-0.39, 0.29) is 12.6 Å². The number of ether oxygens (including phenoxy) is 1. The highest BCUT2D eigenvalue weighted by atomic mass is 19.4. The van der Waals surface area contributed by atoms with E-state index in [2.05, 4.69) is 4.74 Å². The van der Waals surface area contributed by atoms with Crippen molar-refractivity contribution in [2.45, 2.75) is 32.9 Å². The molecule has 0 fully saturated rings. The Morgan fingerprint density at radius 1 is 1.41 bits per heavy atom. The fourth-order valence-electron chi connectivity index (χ4n) is 1.37. The molecule has 0 bridgehead atoms. The van der Waals surface area contributed by atoms with Crippen molar-refractivity contribution in [2.75, 3.05) is 6.61 Å². The van der Waals surface area contributed by atoms with E-state index in [0.29, 0.717) is 5.56 Å². The van der Waals surface area contributed by atoms with Crippen LogP contribution in [0.1, 0.15) is 25.5 Å². The van der Waals surface area contributed by atoms with Crippen molar-refractivity contribution in [3.63, 3.8) is 0 Å². The molecule has 17 heavy (non-hydrogen) atoms. The van der Waals surface area contributed by atoms with Gasteiger partial charge in [-0.1, -0.05) is 13.8 Å². The van der Waals surface area contributed by atoms with E-state index in [4.69, 9.17) is 0 Å². The maximum absolute atomic E-state index is 11.8. The Morgan fingerprint density at radius 3 is 2.59 bits per heavy atom. The summed E-state index contributed by atoms with van der Waals surface area (Å²) in [4.78, 5) is 0. The van der Waals surface area contributed by atoms with Crippen molar-refractivity contribution in [3.8, 4) is 0 Å². The van der Waals surface area contributed by atoms with Crippen molar-refractivity contribution in [2.24, 2.45) is 5.92 Å². The molecule has 1 heterocycles. The first-order valence-electron chi connectivity index (χ1n) is 5.28. The van der Waals surface area contributed by atoms with Crippen LogP contribution in [0.5, 0.6) is 0 Å².